The molecule has 0 saturated heterocycles. The van der Waals surface area contributed by atoms with Gasteiger partial charge in [0.25, 0.3) is 0 Å². The Morgan fingerprint density at radius 3 is 2.71 bits per heavy atom. The molecule has 1 fully saturated rings. The molecule has 1 saturated carbocycles. The minimum atomic E-state index is -0.691. The summed E-state index contributed by atoms with van der Waals surface area (Å²) in [5, 5.41) is 12.4. The highest BCUT2D eigenvalue weighted by Gasteiger charge is 2.31. The van der Waals surface area contributed by atoms with Crippen LogP contribution in [0.15, 0.2) is 18.2 Å². The van der Waals surface area contributed by atoms with Crippen molar-refractivity contribution in [3.05, 3.63) is 35.4 Å². The van der Waals surface area contributed by atoms with Crippen LogP contribution in [0.2, 0.25) is 0 Å². The van der Waals surface area contributed by atoms with Crippen molar-refractivity contribution < 1.29 is 18.7 Å². The lowest BCUT2D eigenvalue weighted by molar-refractivity contribution is 0.112. The third kappa shape index (κ3) is 4.14. The van der Waals surface area contributed by atoms with E-state index in [1.807, 2.05) is 0 Å². The van der Waals surface area contributed by atoms with Gasteiger partial charge in [0, 0.05) is 25.2 Å². The van der Waals surface area contributed by atoms with Crippen molar-refractivity contribution in [1.82, 2.24) is 10.2 Å². The maximum Gasteiger partial charge on any atom is 0.317 e. The molecule has 2 atom stereocenters. The van der Waals surface area contributed by atoms with Gasteiger partial charge in [0.05, 0.1) is 12.1 Å². The Morgan fingerprint density at radius 2 is 2.14 bits per heavy atom. The van der Waals surface area contributed by atoms with Crippen molar-refractivity contribution in [2.45, 2.75) is 31.9 Å². The molecule has 1 aromatic carbocycles. The predicted octanol–water partition coefficient (Wildman–Crippen LogP) is 2.44. The Hall–Kier alpha value is -1.69. The van der Waals surface area contributed by atoms with Gasteiger partial charge in [-0.1, -0.05) is 6.07 Å². The van der Waals surface area contributed by atoms with Gasteiger partial charge in [-0.25, -0.2) is 13.6 Å². The first-order chi connectivity index (χ1) is 9.88. The smallest absolute Gasteiger partial charge is 0.317 e. The summed E-state index contributed by atoms with van der Waals surface area (Å²) in [7, 11) is 1.58. The molecule has 0 heterocycles. The SMILES string of the molecule is CC(NC(=O)N(C)CC(O)C1CC1)c1ccc(F)cc1F. The number of carbonyl (C=O) groups is 1. The van der Waals surface area contributed by atoms with Crippen molar-refractivity contribution in [2.24, 2.45) is 5.92 Å². The maximum atomic E-state index is 13.6. The van der Waals surface area contributed by atoms with Gasteiger partial charge in [-0.2, -0.15) is 0 Å². The molecule has 21 heavy (non-hydrogen) atoms. The van der Waals surface area contributed by atoms with E-state index in [4.69, 9.17) is 0 Å². The Morgan fingerprint density at radius 1 is 1.48 bits per heavy atom. The van der Waals surface area contributed by atoms with Gasteiger partial charge in [-0.3, -0.25) is 0 Å². The van der Waals surface area contributed by atoms with Crippen molar-refractivity contribution in [3.63, 3.8) is 0 Å². The molecule has 2 N–H and O–H groups in total. The molecule has 4 nitrogen and oxygen atoms in total. The number of nitrogens with zero attached hydrogens (tertiary/aromatic N) is 1. The first-order valence-electron chi connectivity index (χ1n) is 7.03. The van der Waals surface area contributed by atoms with Crippen molar-refractivity contribution >= 4 is 6.03 Å². The monoisotopic (exact) mass is 298 g/mol. The average Bonchev–Trinajstić information content (AvgIpc) is 3.22. The van der Waals surface area contributed by atoms with E-state index in [9.17, 15) is 18.7 Å². The molecular weight excluding hydrogens is 278 g/mol. The quantitative estimate of drug-likeness (QED) is 0.877. The zero-order valence-corrected chi connectivity index (χ0v) is 12.1. The fourth-order valence-electron chi connectivity index (χ4n) is 2.22. The van der Waals surface area contributed by atoms with E-state index in [1.165, 1.54) is 11.0 Å². The van der Waals surface area contributed by atoms with E-state index >= 15 is 0 Å². The predicted molar refractivity (Wildman–Crippen MR) is 74.7 cm³/mol. The van der Waals surface area contributed by atoms with Gasteiger partial charge in [-0.05, 0) is 31.7 Å². The summed E-state index contributed by atoms with van der Waals surface area (Å²) >= 11 is 0. The lowest BCUT2D eigenvalue weighted by atomic mass is 10.1. The molecule has 2 unspecified atom stereocenters. The van der Waals surface area contributed by atoms with Crippen LogP contribution < -0.4 is 5.32 Å². The lowest BCUT2D eigenvalue weighted by Crippen LogP contribution is -2.42. The first kappa shape index (κ1) is 15.7. The third-order valence-electron chi connectivity index (χ3n) is 3.74. The molecule has 0 spiro atoms. The molecular formula is C15H20F2N2O2. The Labute approximate surface area is 122 Å². The topological polar surface area (TPSA) is 52.6 Å². The molecule has 1 aromatic rings. The van der Waals surface area contributed by atoms with Crippen LogP contribution in [-0.2, 0) is 0 Å². The highest BCUT2D eigenvalue weighted by atomic mass is 19.1. The normalized spacial score (nSPS) is 17.2. The molecule has 1 aliphatic rings. The number of amides is 2. The van der Waals surface area contributed by atoms with Crippen LogP contribution >= 0.6 is 0 Å². The molecule has 1 aliphatic carbocycles. The lowest BCUT2D eigenvalue weighted by Gasteiger charge is -2.24. The summed E-state index contributed by atoms with van der Waals surface area (Å²) in [6.45, 7) is 1.87. The molecule has 0 radical (unpaired) electrons. The van der Waals surface area contributed by atoms with Crippen LogP contribution in [0.5, 0.6) is 0 Å². The second-order valence-corrected chi connectivity index (χ2v) is 5.62. The zero-order chi connectivity index (χ0) is 15.6. The molecule has 6 heteroatoms. The molecule has 116 valence electrons. The minimum absolute atomic E-state index is 0.223. The molecule has 0 bridgehead atoms. The van der Waals surface area contributed by atoms with E-state index in [-0.39, 0.29) is 18.0 Å². The number of hydrogen-bond donors (Lipinski definition) is 2. The number of rotatable bonds is 5. The second kappa shape index (κ2) is 6.39. The van der Waals surface area contributed by atoms with Crippen LogP contribution in [0.25, 0.3) is 0 Å². The highest BCUT2D eigenvalue weighted by molar-refractivity contribution is 5.74. The number of likely N-dealkylation sites (N-methyl/N-ethyl adjacent to an activating group) is 1. The summed E-state index contributed by atoms with van der Waals surface area (Å²) in [5.74, 6) is -1.06. The van der Waals surface area contributed by atoms with Crippen LogP contribution in [-0.4, -0.2) is 35.7 Å². The Kier molecular flexibility index (Phi) is 4.77. The van der Waals surface area contributed by atoms with Gasteiger partial charge in [0.2, 0.25) is 0 Å². The van der Waals surface area contributed by atoms with Crippen molar-refractivity contribution in [1.29, 1.82) is 0 Å². The van der Waals surface area contributed by atoms with Gasteiger partial charge < -0.3 is 15.3 Å². The Balaban J connectivity index is 1.91. The fraction of sp³-hybridized carbons (Fsp3) is 0.533. The summed E-state index contributed by atoms with van der Waals surface area (Å²) in [4.78, 5) is 13.4. The summed E-state index contributed by atoms with van der Waals surface area (Å²) in [5.41, 5.74) is 0.223. The van der Waals surface area contributed by atoms with Gasteiger partial charge in [-0.15, -0.1) is 0 Å². The second-order valence-electron chi connectivity index (χ2n) is 5.62. The van der Waals surface area contributed by atoms with Gasteiger partial charge >= 0.3 is 6.03 Å². The van der Waals surface area contributed by atoms with Crippen LogP contribution in [0.3, 0.4) is 0 Å². The molecule has 0 aliphatic heterocycles. The number of carbonyl (C=O) groups excluding carboxylic acids is 1. The standard InChI is InChI=1S/C15H20F2N2O2/c1-9(12-6-5-11(16)7-13(12)17)18-15(21)19(2)8-14(20)10-3-4-10/h5-7,9-10,14,20H,3-4,8H2,1-2H3,(H,18,21). The summed E-state index contributed by atoms with van der Waals surface area (Å²) < 4.78 is 26.5. The van der Waals surface area contributed by atoms with Crippen LogP contribution in [0.1, 0.15) is 31.4 Å². The van der Waals surface area contributed by atoms with E-state index in [0.717, 1.165) is 25.0 Å². The van der Waals surface area contributed by atoms with E-state index in [0.29, 0.717) is 0 Å². The Bertz CT molecular complexity index is 520. The van der Waals surface area contributed by atoms with Gasteiger partial charge in [0.15, 0.2) is 0 Å². The number of hydrogen-bond acceptors (Lipinski definition) is 2. The number of urea groups is 1. The summed E-state index contributed by atoms with van der Waals surface area (Å²) in [6, 6.07) is 2.28. The van der Waals surface area contributed by atoms with E-state index in [1.54, 1.807) is 14.0 Å². The number of benzene rings is 1. The number of aliphatic hydroxyl groups is 1. The fourth-order valence-corrected chi connectivity index (χ4v) is 2.22. The van der Waals surface area contributed by atoms with Crippen molar-refractivity contribution in [3.8, 4) is 0 Å². The van der Waals surface area contributed by atoms with Crippen LogP contribution in [0.4, 0.5) is 13.6 Å². The number of nitrogens with one attached hydrogen (secondary N) is 1. The maximum absolute atomic E-state index is 13.6. The average molecular weight is 298 g/mol. The summed E-state index contributed by atoms with van der Waals surface area (Å²) in [6.07, 6.45) is 1.47. The first-order valence-corrected chi connectivity index (χ1v) is 7.03. The number of aliphatic hydroxyl groups excluding tert-OH is 1. The third-order valence-corrected chi connectivity index (χ3v) is 3.74. The number of halogens is 2. The molecule has 0 aromatic heterocycles. The van der Waals surface area contributed by atoms with Gasteiger partial charge in [0.1, 0.15) is 11.6 Å². The largest absolute Gasteiger partial charge is 0.391 e. The zero-order valence-electron chi connectivity index (χ0n) is 12.1. The molecule has 2 amide bonds. The van der Waals surface area contributed by atoms with Crippen molar-refractivity contribution in [2.75, 3.05) is 13.6 Å². The molecule has 2 rings (SSSR count). The van der Waals surface area contributed by atoms with Crippen LogP contribution in [0, 0.1) is 17.6 Å². The minimum Gasteiger partial charge on any atom is -0.391 e. The van der Waals surface area contributed by atoms with E-state index in [2.05, 4.69) is 5.32 Å². The van der Waals surface area contributed by atoms with E-state index < -0.39 is 29.8 Å². The highest BCUT2D eigenvalue weighted by Crippen LogP contribution is 2.32.